The van der Waals surface area contributed by atoms with Crippen LogP contribution in [0.4, 0.5) is 5.69 Å². The molecule has 4 N–H and O–H groups in total. The van der Waals surface area contributed by atoms with Crippen molar-refractivity contribution in [1.82, 2.24) is 5.32 Å². The Hall–Kier alpha value is -2.21. The van der Waals surface area contributed by atoms with Gasteiger partial charge in [-0.25, -0.2) is 0 Å². The fourth-order valence-electron chi connectivity index (χ4n) is 1.89. The zero-order valence-electron chi connectivity index (χ0n) is 10.5. The summed E-state index contributed by atoms with van der Waals surface area (Å²) in [5, 5.41) is 4.90. The van der Waals surface area contributed by atoms with Gasteiger partial charge in [0.15, 0.2) is 0 Å². The SMILES string of the molecule is CC(CCN)C(=O)Nc1ccc2c(c1)C(=O)NC2=O. The number of fused-ring (bicyclic) bond motifs is 1. The second-order valence-corrected chi connectivity index (χ2v) is 4.51. The lowest BCUT2D eigenvalue weighted by atomic mass is 10.1. The first-order valence-corrected chi connectivity index (χ1v) is 6.03. The Labute approximate surface area is 110 Å². The van der Waals surface area contributed by atoms with Gasteiger partial charge in [-0.15, -0.1) is 0 Å². The average molecular weight is 261 g/mol. The van der Waals surface area contributed by atoms with Crippen molar-refractivity contribution in [3.8, 4) is 0 Å². The van der Waals surface area contributed by atoms with Gasteiger partial charge < -0.3 is 11.1 Å². The number of carbonyl (C=O) groups is 3. The topological polar surface area (TPSA) is 101 Å². The molecule has 0 aliphatic carbocycles. The van der Waals surface area contributed by atoms with Crippen LogP contribution in [0.25, 0.3) is 0 Å². The van der Waals surface area contributed by atoms with E-state index in [1.807, 2.05) is 0 Å². The molecule has 3 amide bonds. The van der Waals surface area contributed by atoms with Crippen molar-refractivity contribution in [2.24, 2.45) is 11.7 Å². The lowest BCUT2D eigenvalue weighted by molar-refractivity contribution is -0.119. The molecule has 0 spiro atoms. The van der Waals surface area contributed by atoms with Crippen molar-refractivity contribution < 1.29 is 14.4 Å². The summed E-state index contributed by atoms with van der Waals surface area (Å²) in [5.41, 5.74) is 6.51. The largest absolute Gasteiger partial charge is 0.330 e. The number of amides is 3. The summed E-state index contributed by atoms with van der Waals surface area (Å²) >= 11 is 0. The van der Waals surface area contributed by atoms with Gasteiger partial charge in [0.2, 0.25) is 5.91 Å². The molecule has 0 saturated carbocycles. The molecule has 0 saturated heterocycles. The number of anilines is 1. The van der Waals surface area contributed by atoms with E-state index >= 15 is 0 Å². The van der Waals surface area contributed by atoms with Crippen LogP contribution in [-0.2, 0) is 4.79 Å². The number of rotatable bonds is 4. The van der Waals surface area contributed by atoms with Crippen LogP contribution >= 0.6 is 0 Å². The van der Waals surface area contributed by atoms with Crippen molar-refractivity contribution >= 4 is 23.4 Å². The van der Waals surface area contributed by atoms with Gasteiger partial charge in [-0.3, -0.25) is 19.7 Å². The highest BCUT2D eigenvalue weighted by atomic mass is 16.2. The third kappa shape index (κ3) is 2.63. The zero-order chi connectivity index (χ0) is 14.0. The van der Waals surface area contributed by atoms with E-state index in [2.05, 4.69) is 10.6 Å². The predicted molar refractivity (Wildman–Crippen MR) is 69.7 cm³/mol. The molecule has 1 unspecified atom stereocenters. The van der Waals surface area contributed by atoms with Gasteiger partial charge in [0, 0.05) is 11.6 Å². The molecule has 1 heterocycles. The maximum Gasteiger partial charge on any atom is 0.259 e. The Kier molecular flexibility index (Phi) is 3.62. The number of hydrogen-bond acceptors (Lipinski definition) is 4. The Balaban J connectivity index is 2.15. The fourth-order valence-corrected chi connectivity index (χ4v) is 1.89. The number of nitrogens with one attached hydrogen (secondary N) is 2. The summed E-state index contributed by atoms with van der Waals surface area (Å²) in [6.07, 6.45) is 0.593. The van der Waals surface area contributed by atoms with E-state index in [1.54, 1.807) is 13.0 Å². The Morgan fingerprint density at radius 3 is 2.68 bits per heavy atom. The third-order valence-electron chi connectivity index (χ3n) is 3.05. The van der Waals surface area contributed by atoms with Crippen molar-refractivity contribution in [3.05, 3.63) is 29.3 Å². The van der Waals surface area contributed by atoms with E-state index in [0.29, 0.717) is 24.2 Å². The van der Waals surface area contributed by atoms with E-state index in [4.69, 9.17) is 5.73 Å². The molecule has 0 fully saturated rings. The predicted octanol–water partition coefficient (Wildman–Crippen LogP) is 0.494. The van der Waals surface area contributed by atoms with Crippen LogP contribution in [0.3, 0.4) is 0 Å². The summed E-state index contributed by atoms with van der Waals surface area (Å²) in [7, 11) is 0. The maximum absolute atomic E-state index is 11.8. The summed E-state index contributed by atoms with van der Waals surface area (Å²) in [6, 6.07) is 4.63. The normalized spacial score (nSPS) is 14.8. The first-order chi connectivity index (χ1) is 9.02. The summed E-state index contributed by atoms with van der Waals surface area (Å²) < 4.78 is 0. The Bertz CT molecular complexity index is 554. The lowest BCUT2D eigenvalue weighted by Crippen LogP contribution is -2.22. The van der Waals surface area contributed by atoms with Crippen LogP contribution in [-0.4, -0.2) is 24.3 Å². The van der Waals surface area contributed by atoms with Crippen LogP contribution in [0.2, 0.25) is 0 Å². The third-order valence-corrected chi connectivity index (χ3v) is 3.05. The molecular weight excluding hydrogens is 246 g/mol. The molecule has 1 aliphatic heterocycles. The monoisotopic (exact) mass is 261 g/mol. The van der Waals surface area contributed by atoms with Crippen molar-refractivity contribution in [3.63, 3.8) is 0 Å². The van der Waals surface area contributed by atoms with Crippen LogP contribution in [0, 0.1) is 5.92 Å². The van der Waals surface area contributed by atoms with Crippen molar-refractivity contribution in [1.29, 1.82) is 0 Å². The van der Waals surface area contributed by atoms with Gasteiger partial charge in [0.05, 0.1) is 11.1 Å². The summed E-state index contributed by atoms with van der Waals surface area (Å²) in [4.78, 5) is 34.7. The first-order valence-electron chi connectivity index (χ1n) is 6.03. The molecule has 0 bridgehead atoms. The molecule has 1 aromatic carbocycles. The minimum Gasteiger partial charge on any atom is -0.330 e. The van der Waals surface area contributed by atoms with E-state index in [0.717, 1.165) is 0 Å². The first kappa shape index (κ1) is 13.2. The van der Waals surface area contributed by atoms with Gasteiger partial charge in [0.1, 0.15) is 0 Å². The number of nitrogens with two attached hydrogens (primary N) is 1. The minimum absolute atomic E-state index is 0.157. The van der Waals surface area contributed by atoms with Gasteiger partial charge in [0.25, 0.3) is 11.8 Å². The van der Waals surface area contributed by atoms with Crippen LogP contribution in [0.15, 0.2) is 18.2 Å². The molecule has 1 atom stereocenters. The van der Waals surface area contributed by atoms with Crippen molar-refractivity contribution in [2.75, 3.05) is 11.9 Å². The molecule has 6 heteroatoms. The molecule has 0 radical (unpaired) electrons. The van der Waals surface area contributed by atoms with E-state index < -0.39 is 11.8 Å². The number of carbonyl (C=O) groups excluding carboxylic acids is 3. The van der Waals surface area contributed by atoms with Gasteiger partial charge >= 0.3 is 0 Å². The fraction of sp³-hybridized carbons (Fsp3) is 0.308. The van der Waals surface area contributed by atoms with Crippen molar-refractivity contribution in [2.45, 2.75) is 13.3 Å². The quantitative estimate of drug-likeness (QED) is 0.687. The average Bonchev–Trinajstić information content (AvgIpc) is 2.65. The second-order valence-electron chi connectivity index (χ2n) is 4.51. The molecule has 6 nitrogen and oxygen atoms in total. The van der Waals surface area contributed by atoms with Crippen LogP contribution in [0.5, 0.6) is 0 Å². The molecular formula is C13H15N3O3. The van der Waals surface area contributed by atoms with Crippen LogP contribution in [0.1, 0.15) is 34.1 Å². The lowest BCUT2D eigenvalue weighted by Gasteiger charge is -2.11. The zero-order valence-corrected chi connectivity index (χ0v) is 10.5. The van der Waals surface area contributed by atoms with E-state index in [1.165, 1.54) is 12.1 Å². The molecule has 1 aliphatic rings. The highest BCUT2D eigenvalue weighted by Crippen LogP contribution is 2.20. The van der Waals surface area contributed by atoms with E-state index in [-0.39, 0.29) is 17.4 Å². The summed E-state index contributed by atoms with van der Waals surface area (Å²) in [6.45, 7) is 2.22. The molecule has 0 aromatic heterocycles. The standard InChI is InChI=1S/C13H15N3O3/c1-7(4-5-14)11(17)15-8-2-3-9-10(6-8)13(19)16-12(9)18/h2-3,6-7H,4-5,14H2,1H3,(H,15,17)(H,16,18,19). The number of imide groups is 1. The van der Waals surface area contributed by atoms with Gasteiger partial charge in [-0.2, -0.15) is 0 Å². The molecule has 1 aromatic rings. The second kappa shape index (κ2) is 5.19. The highest BCUT2D eigenvalue weighted by Gasteiger charge is 2.26. The minimum atomic E-state index is -0.439. The maximum atomic E-state index is 11.8. The Morgan fingerprint density at radius 2 is 2.00 bits per heavy atom. The smallest absolute Gasteiger partial charge is 0.259 e. The molecule has 2 rings (SSSR count). The van der Waals surface area contributed by atoms with Crippen LogP contribution < -0.4 is 16.4 Å². The van der Waals surface area contributed by atoms with Gasteiger partial charge in [-0.05, 0) is 31.2 Å². The summed E-state index contributed by atoms with van der Waals surface area (Å²) in [5.74, 6) is -1.20. The Morgan fingerprint density at radius 1 is 1.32 bits per heavy atom. The van der Waals surface area contributed by atoms with E-state index in [9.17, 15) is 14.4 Å². The molecule has 19 heavy (non-hydrogen) atoms. The highest BCUT2D eigenvalue weighted by molar-refractivity contribution is 6.22. The number of benzene rings is 1. The number of hydrogen-bond donors (Lipinski definition) is 3. The van der Waals surface area contributed by atoms with Gasteiger partial charge in [-0.1, -0.05) is 6.92 Å². The molecule has 100 valence electrons.